The number of hydrogen-bond acceptors (Lipinski definition) is 5. The second kappa shape index (κ2) is 6.13. The zero-order chi connectivity index (χ0) is 18.5. The summed E-state index contributed by atoms with van der Waals surface area (Å²) in [5.74, 6) is -1.43. The number of fused-ring (bicyclic) bond motifs is 3. The van der Waals surface area contributed by atoms with Crippen molar-refractivity contribution in [2.24, 2.45) is 17.8 Å². The molecule has 3 rings (SSSR count). The standard InChI is InChI=1S/C20H26O5/c1-6-10(2)18(21)24-14-9-20(5,23)13-8-7-11(3)15(13)17-16(14)12(4)19(22)25-17/h6-7,13-17,23H,4,8-9H2,1-3,5H3. The van der Waals surface area contributed by atoms with Gasteiger partial charge in [-0.2, -0.15) is 0 Å². The highest BCUT2D eigenvalue weighted by Crippen LogP contribution is 2.52. The van der Waals surface area contributed by atoms with Crippen LogP contribution in [0.5, 0.6) is 0 Å². The zero-order valence-corrected chi connectivity index (χ0v) is 15.2. The Bertz CT molecular complexity index is 684. The molecule has 5 nitrogen and oxygen atoms in total. The van der Waals surface area contributed by atoms with Gasteiger partial charge in [-0.15, -0.1) is 0 Å². The predicted octanol–water partition coefficient (Wildman–Crippen LogP) is 2.70. The van der Waals surface area contributed by atoms with Crippen molar-refractivity contribution in [3.05, 3.63) is 35.5 Å². The molecule has 0 amide bonds. The van der Waals surface area contributed by atoms with Gasteiger partial charge in [-0.05, 0) is 34.1 Å². The molecule has 0 bridgehead atoms. The molecular weight excluding hydrogens is 320 g/mol. The minimum absolute atomic E-state index is 0.0646. The molecule has 0 aromatic carbocycles. The van der Waals surface area contributed by atoms with Crippen LogP contribution in [0.4, 0.5) is 0 Å². The molecule has 1 heterocycles. The molecular formula is C20H26O5. The number of ether oxygens (including phenoxy) is 2. The Labute approximate surface area is 148 Å². The Kier molecular flexibility index (Phi) is 4.40. The lowest BCUT2D eigenvalue weighted by Crippen LogP contribution is -2.40. The molecule has 1 saturated heterocycles. The molecule has 136 valence electrons. The van der Waals surface area contributed by atoms with Crippen molar-refractivity contribution in [3.8, 4) is 0 Å². The second-order valence-electron chi connectivity index (χ2n) is 7.71. The van der Waals surface area contributed by atoms with Gasteiger partial charge in [0.15, 0.2) is 0 Å². The van der Waals surface area contributed by atoms with Gasteiger partial charge in [0.1, 0.15) is 12.2 Å². The van der Waals surface area contributed by atoms with Crippen LogP contribution in [-0.2, 0) is 19.1 Å². The van der Waals surface area contributed by atoms with Crippen LogP contribution < -0.4 is 0 Å². The minimum Gasteiger partial charge on any atom is -0.458 e. The van der Waals surface area contributed by atoms with Crippen molar-refractivity contribution in [1.82, 2.24) is 0 Å². The van der Waals surface area contributed by atoms with Gasteiger partial charge in [-0.3, -0.25) is 0 Å². The van der Waals surface area contributed by atoms with E-state index in [1.165, 1.54) is 0 Å². The van der Waals surface area contributed by atoms with Crippen molar-refractivity contribution in [2.75, 3.05) is 0 Å². The fourth-order valence-corrected chi connectivity index (χ4v) is 4.53. The number of allylic oxidation sites excluding steroid dienone is 2. The number of carbonyl (C=O) groups excluding carboxylic acids is 2. The third-order valence-corrected chi connectivity index (χ3v) is 6.10. The molecule has 1 N–H and O–H groups in total. The van der Waals surface area contributed by atoms with E-state index < -0.39 is 35.7 Å². The molecule has 0 spiro atoms. The van der Waals surface area contributed by atoms with E-state index in [-0.39, 0.29) is 18.3 Å². The summed E-state index contributed by atoms with van der Waals surface area (Å²) in [6.07, 6.45) is 3.69. The van der Waals surface area contributed by atoms with E-state index in [9.17, 15) is 14.7 Å². The third kappa shape index (κ3) is 2.84. The van der Waals surface area contributed by atoms with Crippen LogP contribution in [0.1, 0.15) is 40.5 Å². The number of esters is 2. The van der Waals surface area contributed by atoms with Gasteiger partial charge in [0, 0.05) is 29.4 Å². The maximum absolute atomic E-state index is 12.3. The summed E-state index contributed by atoms with van der Waals surface area (Å²) in [6.45, 7) is 11.1. The van der Waals surface area contributed by atoms with E-state index in [2.05, 4.69) is 12.7 Å². The fourth-order valence-electron chi connectivity index (χ4n) is 4.53. The van der Waals surface area contributed by atoms with E-state index in [1.807, 2.05) is 6.92 Å². The smallest absolute Gasteiger partial charge is 0.334 e. The number of rotatable bonds is 2. The molecule has 6 unspecified atom stereocenters. The molecule has 6 atom stereocenters. The summed E-state index contributed by atoms with van der Waals surface area (Å²) in [4.78, 5) is 24.5. The summed E-state index contributed by atoms with van der Waals surface area (Å²) in [6, 6.07) is 0. The van der Waals surface area contributed by atoms with Crippen LogP contribution in [0.2, 0.25) is 0 Å². The Morgan fingerprint density at radius 2 is 2.16 bits per heavy atom. The minimum atomic E-state index is -1.02. The van der Waals surface area contributed by atoms with Gasteiger partial charge in [0.25, 0.3) is 0 Å². The molecule has 0 aromatic heterocycles. The van der Waals surface area contributed by atoms with Crippen LogP contribution >= 0.6 is 0 Å². The first-order chi connectivity index (χ1) is 11.7. The molecule has 0 aromatic rings. The normalized spacial score (nSPS) is 40.8. The van der Waals surface area contributed by atoms with Crippen LogP contribution in [0.25, 0.3) is 0 Å². The molecule has 0 radical (unpaired) electrons. The summed E-state index contributed by atoms with van der Waals surface area (Å²) in [7, 11) is 0. The van der Waals surface area contributed by atoms with E-state index in [1.54, 1.807) is 26.8 Å². The highest BCUT2D eigenvalue weighted by atomic mass is 16.6. The van der Waals surface area contributed by atoms with Gasteiger partial charge in [0.05, 0.1) is 11.5 Å². The summed E-state index contributed by atoms with van der Waals surface area (Å²) >= 11 is 0. The average Bonchev–Trinajstić information content (AvgIpc) is 3.03. The SMILES string of the molecule is C=C1C(=O)OC2C1C(OC(=O)C(C)=CC)CC(C)(O)C1CC=C(C)C21. The number of hydrogen-bond donors (Lipinski definition) is 1. The average molecular weight is 346 g/mol. The summed E-state index contributed by atoms with van der Waals surface area (Å²) in [5.41, 5.74) is 0.911. The van der Waals surface area contributed by atoms with Gasteiger partial charge in [0.2, 0.25) is 0 Å². The van der Waals surface area contributed by atoms with E-state index >= 15 is 0 Å². The fraction of sp³-hybridized carbons (Fsp3) is 0.600. The first-order valence-corrected chi connectivity index (χ1v) is 8.80. The monoisotopic (exact) mass is 346 g/mol. The number of carbonyl (C=O) groups is 2. The quantitative estimate of drug-likeness (QED) is 0.473. The van der Waals surface area contributed by atoms with Gasteiger partial charge < -0.3 is 14.6 Å². The van der Waals surface area contributed by atoms with Crippen LogP contribution in [-0.4, -0.2) is 34.9 Å². The lowest BCUT2D eigenvalue weighted by atomic mass is 9.76. The maximum Gasteiger partial charge on any atom is 0.334 e. The Morgan fingerprint density at radius 3 is 2.80 bits per heavy atom. The van der Waals surface area contributed by atoms with Gasteiger partial charge in [-0.25, -0.2) is 9.59 Å². The lowest BCUT2D eigenvalue weighted by molar-refractivity contribution is -0.150. The highest BCUT2D eigenvalue weighted by Gasteiger charge is 2.58. The van der Waals surface area contributed by atoms with Crippen LogP contribution in [0.3, 0.4) is 0 Å². The topological polar surface area (TPSA) is 72.8 Å². The first kappa shape index (κ1) is 17.9. The second-order valence-corrected chi connectivity index (χ2v) is 7.71. The molecule has 3 aliphatic rings. The summed E-state index contributed by atoms with van der Waals surface area (Å²) in [5, 5.41) is 11.1. The zero-order valence-electron chi connectivity index (χ0n) is 15.2. The van der Waals surface area contributed by atoms with E-state index in [0.717, 1.165) is 12.0 Å². The largest absolute Gasteiger partial charge is 0.458 e. The molecule has 1 saturated carbocycles. The van der Waals surface area contributed by atoms with Crippen molar-refractivity contribution in [1.29, 1.82) is 0 Å². The molecule has 2 fully saturated rings. The van der Waals surface area contributed by atoms with E-state index in [0.29, 0.717) is 11.1 Å². The Balaban J connectivity index is 2.01. The lowest BCUT2D eigenvalue weighted by Gasteiger charge is -2.34. The van der Waals surface area contributed by atoms with Crippen molar-refractivity contribution >= 4 is 11.9 Å². The van der Waals surface area contributed by atoms with Crippen LogP contribution in [0, 0.1) is 17.8 Å². The van der Waals surface area contributed by atoms with Crippen molar-refractivity contribution in [3.63, 3.8) is 0 Å². The Morgan fingerprint density at radius 1 is 1.48 bits per heavy atom. The highest BCUT2D eigenvalue weighted by molar-refractivity contribution is 5.91. The van der Waals surface area contributed by atoms with E-state index in [4.69, 9.17) is 9.47 Å². The molecule has 5 heteroatoms. The van der Waals surface area contributed by atoms with Crippen molar-refractivity contribution < 1.29 is 24.2 Å². The molecule has 25 heavy (non-hydrogen) atoms. The van der Waals surface area contributed by atoms with Crippen LogP contribution in [0.15, 0.2) is 35.5 Å². The maximum atomic E-state index is 12.3. The third-order valence-electron chi connectivity index (χ3n) is 6.10. The summed E-state index contributed by atoms with van der Waals surface area (Å²) < 4.78 is 11.4. The van der Waals surface area contributed by atoms with Gasteiger partial charge in [-0.1, -0.05) is 24.3 Å². The molecule has 2 aliphatic carbocycles. The molecule has 1 aliphatic heterocycles. The number of aliphatic hydroxyl groups is 1. The van der Waals surface area contributed by atoms with Gasteiger partial charge >= 0.3 is 11.9 Å². The Hall–Kier alpha value is -1.88. The van der Waals surface area contributed by atoms with Crippen molar-refractivity contribution in [2.45, 2.75) is 58.3 Å². The first-order valence-electron chi connectivity index (χ1n) is 8.80. The predicted molar refractivity (Wildman–Crippen MR) is 92.4 cm³/mol.